The normalized spacial score (nSPS) is 11.7. The van der Waals surface area contributed by atoms with E-state index in [9.17, 15) is 4.39 Å². The summed E-state index contributed by atoms with van der Waals surface area (Å²) < 4.78 is 24.8. The van der Waals surface area contributed by atoms with Gasteiger partial charge < -0.3 is 14.5 Å². The summed E-state index contributed by atoms with van der Waals surface area (Å²) in [7, 11) is 0. The minimum atomic E-state index is -0.299. The second-order valence-electron chi connectivity index (χ2n) is 5.84. The van der Waals surface area contributed by atoms with Crippen molar-refractivity contribution < 1.29 is 13.5 Å². The summed E-state index contributed by atoms with van der Waals surface area (Å²) in [6.45, 7) is 7.31. The van der Waals surface area contributed by atoms with Gasteiger partial charge in [-0.3, -0.25) is 0 Å². The number of nitrogens with one attached hydrogen (secondary N) is 1. The Morgan fingerprint density at radius 1 is 1.29 bits per heavy atom. The van der Waals surface area contributed by atoms with Crippen LogP contribution >= 0.6 is 15.9 Å². The highest BCUT2D eigenvalue weighted by Crippen LogP contribution is 2.26. The largest absolute Gasteiger partial charge is 0.488 e. The van der Waals surface area contributed by atoms with Crippen LogP contribution in [0, 0.1) is 5.82 Å². The molecule has 21 heavy (non-hydrogen) atoms. The van der Waals surface area contributed by atoms with Crippen molar-refractivity contribution in [1.29, 1.82) is 0 Å². The number of furan rings is 1. The predicted octanol–water partition coefficient (Wildman–Crippen LogP) is 4.65. The third kappa shape index (κ3) is 4.86. The molecule has 0 aliphatic rings. The number of hydrogen-bond acceptors (Lipinski definition) is 3. The molecule has 0 atom stereocenters. The van der Waals surface area contributed by atoms with Crippen LogP contribution in [0.3, 0.4) is 0 Å². The van der Waals surface area contributed by atoms with Crippen LogP contribution < -0.4 is 10.1 Å². The van der Waals surface area contributed by atoms with E-state index in [1.54, 1.807) is 12.3 Å². The van der Waals surface area contributed by atoms with Crippen molar-refractivity contribution in [3.05, 3.63) is 52.1 Å². The summed E-state index contributed by atoms with van der Waals surface area (Å²) in [5.41, 5.74) is 0.994. The van der Waals surface area contributed by atoms with Crippen LogP contribution in [-0.2, 0) is 13.2 Å². The van der Waals surface area contributed by atoms with Crippen molar-refractivity contribution in [3.63, 3.8) is 0 Å². The molecule has 0 aliphatic heterocycles. The highest BCUT2D eigenvalue weighted by molar-refractivity contribution is 9.10. The Balaban J connectivity index is 1.99. The number of halogens is 2. The molecular formula is C16H19BrFNO2. The Labute approximate surface area is 132 Å². The van der Waals surface area contributed by atoms with Crippen molar-refractivity contribution in [2.75, 3.05) is 0 Å². The van der Waals surface area contributed by atoms with E-state index in [1.807, 2.05) is 6.07 Å². The smallest absolute Gasteiger partial charge is 0.134 e. The van der Waals surface area contributed by atoms with Crippen molar-refractivity contribution >= 4 is 15.9 Å². The van der Waals surface area contributed by atoms with Gasteiger partial charge >= 0.3 is 0 Å². The van der Waals surface area contributed by atoms with Gasteiger partial charge in [-0.1, -0.05) is 0 Å². The third-order valence-corrected chi connectivity index (χ3v) is 3.51. The van der Waals surface area contributed by atoms with E-state index in [0.29, 0.717) is 23.4 Å². The van der Waals surface area contributed by atoms with Crippen LogP contribution in [0.1, 0.15) is 32.1 Å². The number of hydrogen-bond donors (Lipinski definition) is 1. The summed E-state index contributed by atoms with van der Waals surface area (Å²) in [6, 6.07) is 6.24. The molecule has 0 spiro atoms. The SMILES string of the molecule is CC(C)(C)NCc1occc1COc1ccc(F)cc1Br. The zero-order valence-corrected chi connectivity index (χ0v) is 14.0. The van der Waals surface area contributed by atoms with E-state index in [-0.39, 0.29) is 11.4 Å². The highest BCUT2D eigenvalue weighted by atomic mass is 79.9. The van der Waals surface area contributed by atoms with Crippen molar-refractivity contribution in [1.82, 2.24) is 5.32 Å². The molecule has 1 aromatic carbocycles. The zero-order chi connectivity index (χ0) is 15.5. The average Bonchev–Trinajstić information content (AvgIpc) is 2.82. The molecule has 3 nitrogen and oxygen atoms in total. The molecule has 0 bridgehead atoms. The van der Waals surface area contributed by atoms with Crippen LogP contribution in [0.4, 0.5) is 4.39 Å². The Morgan fingerprint density at radius 3 is 2.71 bits per heavy atom. The maximum absolute atomic E-state index is 13.0. The van der Waals surface area contributed by atoms with Crippen molar-refractivity contribution in [2.24, 2.45) is 0 Å². The fourth-order valence-electron chi connectivity index (χ4n) is 1.74. The average molecular weight is 356 g/mol. The Bertz CT molecular complexity index is 605. The van der Waals surface area contributed by atoms with E-state index >= 15 is 0 Å². The minimum absolute atomic E-state index is 0.0188. The van der Waals surface area contributed by atoms with Crippen LogP contribution in [-0.4, -0.2) is 5.54 Å². The second kappa shape index (κ2) is 6.62. The van der Waals surface area contributed by atoms with Gasteiger partial charge in [0.25, 0.3) is 0 Å². The second-order valence-corrected chi connectivity index (χ2v) is 6.69. The van der Waals surface area contributed by atoms with Gasteiger partial charge in [0, 0.05) is 11.1 Å². The molecule has 0 saturated carbocycles. The Hall–Kier alpha value is -1.33. The maximum Gasteiger partial charge on any atom is 0.134 e. The standard InChI is InChI=1S/C16H19BrFNO2/c1-16(2,3)19-9-15-11(6-7-20-15)10-21-14-5-4-12(18)8-13(14)17/h4-8,19H,9-10H2,1-3H3. The summed E-state index contributed by atoms with van der Waals surface area (Å²) in [5.74, 6) is 1.16. The molecule has 1 heterocycles. The molecular weight excluding hydrogens is 337 g/mol. The summed E-state index contributed by atoms with van der Waals surface area (Å²) >= 11 is 3.29. The third-order valence-electron chi connectivity index (χ3n) is 2.89. The molecule has 0 saturated heterocycles. The molecule has 0 radical (unpaired) electrons. The lowest BCUT2D eigenvalue weighted by atomic mass is 10.1. The van der Waals surface area contributed by atoms with E-state index in [4.69, 9.17) is 9.15 Å². The van der Waals surface area contributed by atoms with Crippen LogP contribution in [0.5, 0.6) is 5.75 Å². The number of benzene rings is 1. The molecule has 0 unspecified atom stereocenters. The molecule has 0 amide bonds. The first-order chi connectivity index (χ1) is 9.85. The van der Waals surface area contributed by atoms with Gasteiger partial charge in [0.15, 0.2) is 0 Å². The Morgan fingerprint density at radius 2 is 2.05 bits per heavy atom. The van der Waals surface area contributed by atoms with Crippen LogP contribution in [0.15, 0.2) is 39.4 Å². The summed E-state index contributed by atoms with van der Waals surface area (Å²) in [4.78, 5) is 0. The maximum atomic E-state index is 13.0. The number of ether oxygens (including phenoxy) is 1. The molecule has 1 aromatic heterocycles. The molecule has 5 heteroatoms. The van der Waals surface area contributed by atoms with Crippen LogP contribution in [0.25, 0.3) is 0 Å². The van der Waals surface area contributed by atoms with Gasteiger partial charge in [-0.15, -0.1) is 0 Å². The van der Waals surface area contributed by atoms with Crippen molar-refractivity contribution in [2.45, 2.75) is 39.5 Å². The van der Waals surface area contributed by atoms with Gasteiger partial charge in [0.05, 0.1) is 17.3 Å². The molecule has 2 rings (SSSR count). The first-order valence-electron chi connectivity index (χ1n) is 6.73. The Kier molecular flexibility index (Phi) is 5.06. The van der Waals surface area contributed by atoms with Gasteiger partial charge in [-0.05, 0) is 61.0 Å². The topological polar surface area (TPSA) is 34.4 Å². The first-order valence-corrected chi connectivity index (χ1v) is 7.52. The van der Waals surface area contributed by atoms with Gasteiger partial charge in [0.1, 0.15) is 23.9 Å². The predicted molar refractivity (Wildman–Crippen MR) is 83.7 cm³/mol. The van der Waals surface area contributed by atoms with Crippen molar-refractivity contribution in [3.8, 4) is 5.75 Å². The van der Waals surface area contributed by atoms with Gasteiger partial charge in [-0.25, -0.2) is 4.39 Å². The van der Waals surface area contributed by atoms with E-state index in [2.05, 4.69) is 42.0 Å². The lowest BCUT2D eigenvalue weighted by Gasteiger charge is -2.20. The monoisotopic (exact) mass is 355 g/mol. The number of rotatable bonds is 5. The molecule has 1 N–H and O–H groups in total. The van der Waals surface area contributed by atoms with Gasteiger partial charge in [0.2, 0.25) is 0 Å². The minimum Gasteiger partial charge on any atom is -0.488 e. The van der Waals surface area contributed by atoms with Crippen LogP contribution in [0.2, 0.25) is 0 Å². The lowest BCUT2D eigenvalue weighted by Crippen LogP contribution is -2.35. The molecule has 114 valence electrons. The lowest BCUT2D eigenvalue weighted by molar-refractivity contribution is 0.297. The molecule has 2 aromatic rings. The quantitative estimate of drug-likeness (QED) is 0.847. The van der Waals surface area contributed by atoms with E-state index in [1.165, 1.54) is 12.1 Å². The fourth-order valence-corrected chi connectivity index (χ4v) is 2.21. The molecule has 0 fully saturated rings. The fraction of sp³-hybridized carbons (Fsp3) is 0.375. The molecule has 0 aliphatic carbocycles. The summed E-state index contributed by atoms with van der Waals surface area (Å²) in [5, 5.41) is 3.37. The van der Waals surface area contributed by atoms with Gasteiger partial charge in [-0.2, -0.15) is 0 Å². The first kappa shape index (κ1) is 16.0. The van der Waals surface area contributed by atoms with E-state index in [0.717, 1.165) is 11.3 Å². The summed E-state index contributed by atoms with van der Waals surface area (Å²) in [6.07, 6.45) is 1.65. The zero-order valence-electron chi connectivity index (χ0n) is 12.4. The van der Waals surface area contributed by atoms with E-state index < -0.39 is 0 Å². The highest BCUT2D eigenvalue weighted by Gasteiger charge is 2.13.